The molecule has 0 rings (SSSR count). The molecule has 68 heavy (non-hydrogen) atoms. The van der Waals surface area contributed by atoms with Crippen LogP contribution in [0.5, 0.6) is 0 Å². The Labute approximate surface area is 422 Å². The highest BCUT2D eigenvalue weighted by Gasteiger charge is 2.19. The molecular formula is C62H112O6. The van der Waals surface area contributed by atoms with E-state index in [9.17, 15) is 14.4 Å². The van der Waals surface area contributed by atoms with Gasteiger partial charge in [-0.3, -0.25) is 14.4 Å². The molecule has 0 heterocycles. The third-order valence-electron chi connectivity index (χ3n) is 13.1. The first-order valence-corrected chi connectivity index (χ1v) is 29.7. The second kappa shape index (κ2) is 57.0. The van der Waals surface area contributed by atoms with Gasteiger partial charge in [-0.15, -0.1) is 0 Å². The van der Waals surface area contributed by atoms with Gasteiger partial charge in [0.05, 0.1) is 0 Å². The van der Waals surface area contributed by atoms with E-state index in [-0.39, 0.29) is 31.1 Å². The predicted molar refractivity (Wildman–Crippen MR) is 293 cm³/mol. The molecule has 0 amide bonds. The average Bonchev–Trinajstić information content (AvgIpc) is 3.34. The highest BCUT2D eigenvalue weighted by Crippen LogP contribution is 2.16. The van der Waals surface area contributed by atoms with Gasteiger partial charge in [-0.2, -0.15) is 0 Å². The van der Waals surface area contributed by atoms with E-state index in [4.69, 9.17) is 14.2 Å². The van der Waals surface area contributed by atoms with E-state index in [2.05, 4.69) is 69.4 Å². The molecule has 1 unspecified atom stereocenters. The molecule has 0 saturated heterocycles. The second-order valence-electron chi connectivity index (χ2n) is 19.9. The van der Waals surface area contributed by atoms with Gasteiger partial charge in [0.15, 0.2) is 6.10 Å². The van der Waals surface area contributed by atoms with Crippen molar-refractivity contribution in [2.75, 3.05) is 13.2 Å². The predicted octanol–water partition coefficient (Wildman–Crippen LogP) is 19.8. The lowest BCUT2D eigenvalue weighted by Crippen LogP contribution is -2.30. The summed E-state index contributed by atoms with van der Waals surface area (Å²) in [7, 11) is 0. The van der Waals surface area contributed by atoms with Gasteiger partial charge in [-0.25, -0.2) is 0 Å². The summed E-state index contributed by atoms with van der Waals surface area (Å²) in [6.45, 7) is 6.61. The van der Waals surface area contributed by atoms with E-state index in [1.807, 2.05) is 0 Å². The van der Waals surface area contributed by atoms with Crippen LogP contribution in [0.15, 0.2) is 48.6 Å². The van der Waals surface area contributed by atoms with Gasteiger partial charge in [0.25, 0.3) is 0 Å². The van der Waals surface area contributed by atoms with Gasteiger partial charge >= 0.3 is 17.9 Å². The van der Waals surface area contributed by atoms with Crippen LogP contribution in [0.25, 0.3) is 0 Å². The maximum absolute atomic E-state index is 12.9. The summed E-state index contributed by atoms with van der Waals surface area (Å²) in [5.41, 5.74) is 0. The zero-order chi connectivity index (χ0) is 49.3. The summed E-state index contributed by atoms with van der Waals surface area (Å²) < 4.78 is 16.9. The Morgan fingerprint density at radius 3 is 0.853 bits per heavy atom. The van der Waals surface area contributed by atoms with Crippen LogP contribution < -0.4 is 0 Å². The van der Waals surface area contributed by atoms with E-state index in [0.717, 1.165) is 64.2 Å². The van der Waals surface area contributed by atoms with E-state index >= 15 is 0 Å². The standard InChI is InChI=1S/C62H112O6/c1-4-7-10-13-16-19-22-25-27-29-31-33-35-37-40-43-46-49-52-55-61(64)67-58-59(57-66-60(63)54-51-48-45-42-39-24-21-18-15-12-9-6-3)68-62(65)56-53-50-47-44-41-38-36-34-32-30-28-26-23-20-17-14-11-8-5-2/h16,18-19,21-22,25,30,32,59H,4-15,17,20,23-24,26-29,31,33-58H2,1-3H3/b19-16-,21-18-,25-22-,32-30-. The molecule has 0 spiro atoms. The number of carbonyl (C=O) groups excluding carboxylic acids is 3. The summed E-state index contributed by atoms with van der Waals surface area (Å²) in [5.74, 6) is -0.881. The molecule has 0 radical (unpaired) electrons. The maximum atomic E-state index is 12.9. The van der Waals surface area contributed by atoms with Gasteiger partial charge in [0, 0.05) is 19.3 Å². The van der Waals surface area contributed by atoms with Crippen molar-refractivity contribution in [3.8, 4) is 0 Å². The summed E-state index contributed by atoms with van der Waals surface area (Å²) in [5, 5.41) is 0. The van der Waals surface area contributed by atoms with Crippen LogP contribution in [0.1, 0.15) is 310 Å². The molecule has 0 aromatic rings. The Balaban J connectivity index is 4.33. The monoisotopic (exact) mass is 953 g/mol. The van der Waals surface area contributed by atoms with Crippen LogP contribution in [0.3, 0.4) is 0 Å². The van der Waals surface area contributed by atoms with E-state index in [1.165, 1.54) is 205 Å². The number of hydrogen-bond acceptors (Lipinski definition) is 6. The fraction of sp³-hybridized carbons (Fsp3) is 0.823. The number of ether oxygens (including phenoxy) is 3. The topological polar surface area (TPSA) is 78.9 Å². The number of hydrogen-bond donors (Lipinski definition) is 0. The van der Waals surface area contributed by atoms with Crippen LogP contribution in [0.2, 0.25) is 0 Å². The fourth-order valence-electron chi connectivity index (χ4n) is 8.54. The lowest BCUT2D eigenvalue weighted by Gasteiger charge is -2.18. The SMILES string of the molecule is CCCCC/C=C\C=C/CCCCCCCCCCCCC(=O)OCC(COC(=O)CCCCCCC/C=C\CCCCC)OC(=O)CCCCCCCCC/C=C\CCCCCCCCCC. The molecule has 396 valence electrons. The van der Waals surface area contributed by atoms with Crippen molar-refractivity contribution in [3.05, 3.63) is 48.6 Å². The molecule has 0 bridgehead atoms. The summed E-state index contributed by atoms with van der Waals surface area (Å²) in [6.07, 6.45) is 69.6. The largest absolute Gasteiger partial charge is 0.462 e. The molecule has 0 N–H and O–H groups in total. The molecule has 0 fully saturated rings. The first kappa shape index (κ1) is 65.4. The number of unbranched alkanes of at least 4 members (excludes halogenated alkanes) is 36. The summed E-state index contributed by atoms with van der Waals surface area (Å²) in [6, 6.07) is 0. The summed E-state index contributed by atoms with van der Waals surface area (Å²) >= 11 is 0. The Morgan fingerprint density at radius 2 is 0.529 bits per heavy atom. The normalized spacial score (nSPS) is 12.3. The second-order valence-corrected chi connectivity index (χ2v) is 19.9. The fourth-order valence-corrected chi connectivity index (χ4v) is 8.54. The quantitative estimate of drug-likeness (QED) is 0.0199. The van der Waals surface area contributed by atoms with Crippen LogP contribution in [-0.2, 0) is 28.6 Å². The molecule has 6 heteroatoms. The molecule has 0 saturated carbocycles. The lowest BCUT2D eigenvalue weighted by molar-refractivity contribution is -0.167. The molecule has 0 aromatic carbocycles. The van der Waals surface area contributed by atoms with Crippen molar-refractivity contribution in [3.63, 3.8) is 0 Å². The minimum atomic E-state index is -0.779. The number of rotatable bonds is 54. The van der Waals surface area contributed by atoms with Crippen molar-refractivity contribution < 1.29 is 28.6 Å². The Hall–Kier alpha value is -2.63. The Morgan fingerprint density at radius 1 is 0.294 bits per heavy atom. The van der Waals surface area contributed by atoms with Gasteiger partial charge in [-0.1, -0.05) is 243 Å². The average molecular weight is 954 g/mol. The van der Waals surface area contributed by atoms with Crippen molar-refractivity contribution >= 4 is 17.9 Å². The van der Waals surface area contributed by atoms with E-state index < -0.39 is 6.10 Å². The van der Waals surface area contributed by atoms with Crippen molar-refractivity contribution in [2.24, 2.45) is 0 Å². The molecule has 0 aliphatic rings. The third-order valence-corrected chi connectivity index (χ3v) is 13.1. The minimum absolute atomic E-state index is 0.0776. The lowest BCUT2D eigenvalue weighted by atomic mass is 10.1. The molecule has 1 atom stereocenters. The molecule has 6 nitrogen and oxygen atoms in total. The zero-order valence-corrected chi connectivity index (χ0v) is 45.4. The number of allylic oxidation sites excluding steroid dienone is 8. The molecule has 0 aromatic heterocycles. The van der Waals surface area contributed by atoms with Crippen molar-refractivity contribution in [1.29, 1.82) is 0 Å². The van der Waals surface area contributed by atoms with Gasteiger partial charge < -0.3 is 14.2 Å². The van der Waals surface area contributed by atoms with Gasteiger partial charge in [-0.05, 0) is 96.3 Å². The van der Waals surface area contributed by atoms with Crippen LogP contribution in [0, 0.1) is 0 Å². The van der Waals surface area contributed by atoms with Crippen LogP contribution >= 0.6 is 0 Å². The number of carbonyl (C=O) groups is 3. The highest BCUT2D eigenvalue weighted by molar-refractivity contribution is 5.71. The highest BCUT2D eigenvalue weighted by atomic mass is 16.6. The molecule has 0 aliphatic carbocycles. The van der Waals surface area contributed by atoms with E-state index in [1.54, 1.807) is 0 Å². The molecule has 0 aliphatic heterocycles. The minimum Gasteiger partial charge on any atom is -0.462 e. The third kappa shape index (κ3) is 54.3. The van der Waals surface area contributed by atoms with Gasteiger partial charge in [0.1, 0.15) is 13.2 Å². The van der Waals surface area contributed by atoms with Crippen LogP contribution in [-0.4, -0.2) is 37.2 Å². The number of esters is 3. The Kier molecular flexibility index (Phi) is 54.8. The van der Waals surface area contributed by atoms with Crippen molar-refractivity contribution in [2.45, 2.75) is 316 Å². The van der Waals surface area contributed by atoms with E-state index in [0.29, 0.717) is 19.3 Å². The smallest absolute Gasteiger partial charge is 0.306 e. The maximum Gasteiger partial charge on any atom is 0.306 e. The van der Waals surface area contributed by atoms with Gasteiger partial charge in [0.2, 0.25) is 0 Å². The zero-order valence-electron chi connectivity index (χ0n) is 45.4. The van der Waals surface area contributed by atoms with Crippen molar-refractivity contribution in [1.82, 2.24) is 0 Å². The van der Waals surface area contributed by atoms with Crippen LogP contribution in [0.4, 0.5) is 0 Å². The first-order valence-electron chi connectivity index (χ1n) is 29.7. The first-order chi connectivity index (χ1) is 33.5. The molecular weight excluding hydrogens is 841 g/mol. The Bertz CT molecular complexity index is 1190. The summed E-state index contributed by atoms with van der Waals surface area (Å²) in [4.78, 5) is 38.2.